The van der Waals surface area contributed by atoms with Crippen LogP contribution in [-0.2, 0) is 0 Å². The zero-order chi connectivity index (χ0) is 19.9. The van der Waals surface area contributed by atoms with Crippen LogP contribution in [0.1, 0.15) is 21.5 Å². The van der Waals surface area contributed by atoms with E-state index >= 15 is 0 Å². The monoisotopic (exact) mass is 376 g/mol. The molecule has 28 heavy (non-hydrogen) atoms. The fourth-order valence-electron chi connectivity index (χ4n) is 2.86. The number of amides is 1. The van der Waals surface area contributed by atoms with Crippen LogP contribution in [0.2, 0.25) is 0 Å². The van der Waals surface area contributed by atoms with E-state index in [1.165, 1.54) is 0 Å². The number of rotatable bonds is 7. The van der Waals surface area contributed by atoms with E-state index in [1.807, 2.05) is 56.3 Å². The van der Waals surface area contributed by atoms with Gasteiger partial charge < -0.3 is 14.4 Å². The average Bonchev–Trinajstić information content (AvgIpc) is 2.68. The van der Waals surface area contributed by atoms with Crippen LogP contribution in [0.25, 0.3) is 0 Å². The van der Waals surface area contributed by atoms with Crippen LogP contribution in [-0.4, -0.2) is 36.0 Å². The number of pyridine rings is 1. The Hall–Kier alpha value is -3.34. The summed E-state index contributed by atoms with van der Waals surface area (Å²) in [6, 6.07) is 18.8. The summed E-state index contributed by atoms with van der Waals surface area (Å²) in [6.07, 6.45) is 1.61. The lowest BCUT2D eigenvalue weighted by molar-refractivity contribution is 0.0770. The number of ether oxygens (including phenoxy) is 2. The zero-order valence-electron chi connectivity index (χ0n) is 16.4. The van der Waals surface area contributed by atoms with Crippen LogP contribution < -0.4 is 9.47 Å². The molecule has 1 amide bonds. The van der Waals surface area contributed by atoms with Gasteiger partial charge in [-0.1, -0.05) is 24.3 Å². The molecule has 5 heteroatoms. The van der Waals surface area contributed by atoms with Crippen molar-refractivity contribution in [3.63, 3.8) is 0 Å². The van der Waals surface area contributed by atoms with E-state index in [-0.39, 0.29) is 5.91 Å². The molecule has 0 bridgehead atoms. The quantitative estimate of drug-likeness (QED) is 0.603. The highest BCUT2D eigenvalue weighted by Gasteiger charge is 2.18. The van der Waals surface area contributed by atoms with E-state index in [0.717, 1.165) is 16.9 Å². The second kappa shape index (κ2) is 9.04. The third-order valence-electron chi connectivity index (χ3n) is 4.20. The van der Waals surface area contributed by atoms with Gasteiger partial charge in [0.05, 0.1) is 6.54 Å². The molecular formula is C23H24N2O3. The van der Waals surface area contributed by atoms with E-state index in [1.54, 1.807) is 30.3 Å². The van der Waals surface area contributed by atoms with Crippen molar-refractivity contribution in [1.82, 2.24) is 9.88 Å². The molecule has 0 aliphatic heterocycles. The average molecular weight is 376 g/mol. The fourth-order valence-corrected chi connectivity index (χ4v) is 2.86. The minimum Gasteiger partial charge on any atom is -0.492 e. The summed E-state index contributed by atoms with van der Waals surface area (Å²) in [5, 5.41) is 0. The number of aromatic nitrogens is 1. The van der Waals surface area contributed by atoms with Crippen LogP contribution in [0.4, 0.5) is 0 Å². The van der Waals surface area contributed by atoms with Gasteiger partial charge in [-0.15, -0.1) is 0 Å². The van der Waals surface area contributed by atoms with Gasteiger partial charge in [0, 0.05) is 13.2 Å². The van der Waals surface area contributed by atoms with Gasteiger partial charge >= 0.3 is 0 Å². The molecule has 5 nitrogen and oxygen atoms in total. The van der Waals surface area contributed by atoms with Crippen LogP contribution >= 0.6 is 0 Å². The van der Waals surface area contributed by atoms with Crippen molar-refractivity contribution in [2.24, 2.45) is 0 Å². The first-order valence-corrected chi connectivity index (χ1v) is 9.17. The summed E-state index contributed by atoms with van der Waals surface area (Å²) in [7, 11) is 1.74. The molecule has 0 aliphatic rings. The summed E-state index contributed by atoms with van der Waals surface area (Å²) < 4.78 is 11.6. The minimum absolute atomic E-state index is 0.164. The highest BCUT2D eigenvalue weighted by atomic mass is 16.5. The topological polar surface area (TPSA) is 51.7 Å². The van der Waals surface area contributed by atoms with Crippen molar-refractivity contribution in [2.75, 3.05) is 20.2 Å². The molecule has 0 unspecified atom stereocenters. The second-order valence-corrected chi connectivity index (χ2v) is 6.67. The molecule has 0 aliphatic carbocycles. The summed E-state index contributed by atoms with van der Waals surface area (Å²) in [6.45, 7) is 4.92. The first-order chi connectivity index (χ1) is 13.5. The zero-order valence-corrected chi connectivity index (χ0v) is 16.4. The number of aryl methyl sites for hydroxylation is 2. The molecule has 0 atom stereocenters. The van der Waals surface area contributed by atoms with Gasteiger partial charge in [0.25, 0.3) is 5.91 Å². The van der Waals surface area contributed by atoms with Crippen LogP contribution in [0.3, 0.4) is 0 Å². The van der Waals surface area contributed by atoms with Crippen LogP contribution in [0.15, 0.2) is 66.9 Å². The normalized spacial score (nSPS) is 10.4. The molecule has 2 aromatic carbocycles. The van der Waals surface area contributed by atoms with Crippen molar-refractivity contribution in [2.45, 2.75) is 13.8 Å². The highest BCUT2D eigenvalue weighted by Crippen LogP contribution is 2.23. The molecule has 0 saturated heterocycles. The maximum Gasteiger partial charge on any atom is 0.259 e. The number of hydrogen-bond acceptors (Lipinski definition) is 4. The van der Waals surface area contributed by atoms with Crippen molar-refractivity contribution in [1.29, 1.82) is 0 Å². The molecule has 0 spiro atoms. The number of likely N-dealkylation sites (N-methyl/N-ethyl adjacent to an activating group) is 1. The highest BCUT2D eigenvalue weighted by molar-refractivity contribution is 5.96. The predicted molar refractivity (Wildman–Crippen MR) is 109 cm³/mol. The number of carbonyl (C=O) groups is 1. The van der Waals surface area contributed by atoms with E-state index in [0.29, 0.717) is 30.3 Å². The molecule has 3 aromatic rings. The van der Waals surface area contributed by atoms with Gasteiger partial charge in [-0.25, -0.2) is 4.98 Å². The van der Waals surface area contributed by atoms with Crippen molar-refractivity contribution in [3.8, 4) is 17.4 Å². The SMILES string of the molecule is Cc1cc(C)cc(OCCN(C)C(=O)c2cccnc2Oc2ccccc2)c1. The lowest BCUT2D eigenvalue weighted by atomic mass is 10.1. The van der Waals surface area contributed by atoms with Crippen molar-refractivity contribution < 1.29 is 14.3 Å². The smallest absolute Gasteiger partial charge is 0.259 e. The number of hydrogen-bond donors (Lipinski definition) is 0. The molecule has 0 saturated carbocycles. The summed E-state index contributed by atoms with van der Waals surface area (Å²) in [5.74, 6) is 1.58. The van der Waals surface area contributed by atoms with Crippen LogP contribution in [0.5, 0.6) is 17.4 Å². The van der Waals surface area contributed by atoms with Gasteiger partial charge in [0.2, 0.25) is 5.88 Å². The molecular weight excluding hydrogens is 352 g/mol. The number of nitrogens with zero attached hydrogens (tertiary/aromatic N) is 2. The number of para-hydroxylation sites is 1. The Morgan fingerprint density at radius 3 is 2.39 bits per heavy atom. The van der Waals surface area contributed by atoms with E-state index in [9.17, 15) is 4.79 Å². The maximum atomic E-state index is 12.9. The third kappa shape index (κ3) is 5.10. The minimum atomic E-state index is -0.164. The number of carbonyl (C=O) groups excluding carboxylic acids is 1. The van der Waals surface area contributed by atoms with E-state index in [4.69, 9.17) is 9.47 Å². The van der Waals surface area contributed by atoms with Crippen molar-refractivity contribution in [3.05, 3.63) is 83.6 Å². The molecule has 144 valence electrons. The molecule has 3 rings (SSSR count). The number of benzene rings is 2. The van der Waals surface area contributed by atoms with Gasteiger partial charge in [0.1, 0.15) is 23.7 Å². The molecule has 0 radical (unpaired) electrons. The Morgan fingerprint density at radius 1 is 0.964 bits per heavy atom. The Morgan fingerprint density at radius 2 is 1.68 bits per heavy atom. The second-order valence-electron chi connectivity index (χ2n) is 6.67. The first-order valence-electron chi connectivity index (χ1n) is 9.17. The van der Waals surface area contributed by atoms with Gasteiger partial charge in [-0.3, -0.25) is 4.79 Å². The fraction of sp³-hybridized carbons (Fsp3) is 0.217. The Kier molecular flexibility index (Phi) is 6.27. The Bertz CT molecular complexity index is 921. The summed E-state index contributed by atoms with van der Waals surface area (Å²) >= 11 is 0. The van der Waals surface area contributed by atoms with Crippen LogP contribution in [0, 0.1) is 13.8 Å². The largest absolute Gasteiger partial charge is 0.492 e. The predicted octanol–water partition coefficient (Wildman–Crippen LogP) is 4.64. The Balaban J connectivity index is 1.63. The van der Waals surface area contributed by atoms with E-state index < -0.39 is 0 Å². The van der Waals surface area contributed by atoms with Gasteiger partial charge in [-0.05, 0) is 61.4 Å². The lowest BCUT2D eigenvalue weighted by Gasteiger charge is -2.19. The summed E-state index contributed by atoms with van der Waals surface area (Å²) in [5.41, 5.74) is 2.72. The Labute approximate surface area is 165 Å². The summed E-state index contributed by atoms with van der Waals surface area (Å²) in [4.78, 5) is 18.7. The third-order valence-corrected chi connectivity index (χ3v) is 4.20. The lowest BCUT2D eigenvalue weighted by Crippen LogP contribution is -2.31. The molecule has 0 N–H and O–H groups in total. The van der Waals surface area contributed by atoms with Gasteiger partial charge in [0.15, 0.2) is 0 Å². The van der Waals surface area contributed by atoms with Gasteiger partial charge in [-0.2, -0.15) is 0 Å². The standard InChI is InChI=1S/C23H24N2O3/c1-17-14-18(2)16-20(15-17)27-13-12-25(3)23(26)21-10-7-11-24-22(21)28-19-8-5-4-6-9-19/h4-11,14-16H,12-13H2,1-3H3. The molecule has 1 heterocycles. The first kappa shape index (κ1) is 19.4. The molecule has 1 aromatic heterocycles. The maximum absolute atomic E-state index is 12.9. The van der Waals surface area contributed by atoms with Crippen molar-refractivity contribution >= 4 is 5.91 Å². The molecule has 0 fully saturated rings. The van der Waals surface area contributed by atoms with E-state index in [2.05, 4.69) is 11.1 Å².